The summed E-state index contributed by atoms with van der Waals surface area (Å²) in [6, 6.07) is 4.20. The fourth-order valence-electron chi connectivity index (χ4n) is 1.15. The van der Waals surface area contributed by atoms with Crippen molar-refractivity contribution in [2.75, 3.05) is 0 Å². The molecular weight excluding hydrogens is 182 g/mol. The van der Waals surface area contributed by atoms with Crippen molar-refractivity contribution in [1.29, 1.82) is 0 Å². The molecule has 1 aromatic rings. The van der Waals surface area contributed by atoms with Gasteiger partial charge in [0, 0.05) is 11.3 Å². The highest BCUT2D eigenvalue weighted by Gasteiger charge is 2.08. The van der Waals surface area contributed by atoms with Crippen LogP contribution in [0.25, 0.3) is 0 Å². The molecule has 0 saturated heterocycles. The van der Waals surface area contributed by atoms with Crippen LogP contribution in [0.5, 0.6) is 0 Å². The Morgan fingerprint density at radius 1 is 1.69 bits per heavy atom. The maximum absolute atomic E-state index is 11.2. The molecule has 1 rings (SSSR count). The topological polar surface area (TPSA) is 29.1 Å². The highest BCUT2D eigenvalue weighted by atomic mass is 32.1. The number of hydrogen-bond donors (Lipinski definition) is 1. The summed E-state index contributed by atoms with van der Waals surface area (Å²) in [7, 11) is 0. The minimum atomic E-state index is 0.142. The van der Waals surface area contributed by atoms with Crippen molar-refractivity contribution in [3.8, 4) is 0 Å². The molecule has 1 N–H and O–H groups in total. The SMILES string of the molecule is CCCC(=O)NC(C)c1cccs1. The summed E-state index contributed by atoms with van der Waals surface area (Å²) in [5.74, 6) is 0.142. The van der Waals surface area contributed by atoms with Crippen molar-refractivity contribution in [3.05, 3.63) is 22.4 Å². The zero-order valence-corrected chi connectivity index (χ0v) is 8.86. The van der Waals surface area contributed by atoms with Crippen molar-refractivity contribution in [2.24, 2.45) is 0 Å². The molecule has 1 atom stereocenters. The van der Waals surface area contributed by atoms with Crippen molar-refractivity contribution in [1.82, 2.24) is 5.32 Å². The lowest BCUT2D eigenvalue weighted by Crippen LogP contribution is -2.25. The average molecular weight is 197 g/mol. The van der Waals surface area contributed by atoms with Crippen LogP contribution in [0, 0.1) is 0 Å². The van der Waals surface area contributed by atoms with E-state index in [9.17, 15) is 4.79 Å². The molecule has 13 heavy (non-hydrogen) atoms. The maximum Gasteiger partial charge on any atom is 0.220 e. The first kappa shape index (κ1) is 10.3. The summed E-state index contributed by atoms with van der Waals surface area (Å²) in [6.07, 6.45) is 1.53. The molecule has 1 heterocycles. The van der Waals surface area contributed by atoms with Gasteiger partial charge in [0.15, 0.2) is 0 Å². The fourth-order valence-corrected chi connectivity index (χ4v) is 1.88. The van der Waals surface area contributed by atoms with Crippen molar-refractivity contribution >= 4 is 17.2 Å². The predicted molar refractivity (Wildman–Crippen MR) is 55.8 cm³/mol. The zero-order chi connectivity index (χ0) is 9.68. The Bertz CT molecular complexity index is 256. The van der Waals surface area contributed by atoms with Gasteiger partial charge in [-0.3, -0.25) is 4.79 Å². The second-order valence-electron chi connectivity index (χ2n) is 3.05. The van der Waals surface area contributed by atoms with E-state index in [1.54, 1.807) is 11.3 Å². The fraction of sp³-hybridized carbons (Fsp3) is 0.500. The lowest BCUT2D eigenvalue weighted by atomic mass is 10.2. The Hall–Kier alpha value is -0.830. The summed E-state index contributed by atoms with van der Waals surface area (Å²) in [5, 5.41) is 4.98. The third-order valence-electron chi connectivity index (χ3n) is 1.82. The summed E-state index contributed by atoms with van der Waals surface area (Å²) in [4.78, 5) is 12.5. The van der Waals surface area contributed by atoms with Gasteiger partial charge in [-0.1, -0.05) is 13.0 Å². The summed E-state index contributed by atoms with van der Waals surface area (Å²) < 4.78 is 0. The third-order valence-corrected chi connectivity index (χ3v) is 2.88. The Balaban J connectivity index is 2.42. The van der Waals surface area contributed by atoms with E-state index < -0.39 is 0 Å². The lowest BCUT2D eigenvalue weighted by molar-refractivity contribution is -0.121. The number of rotatable bonds is 4. The van der Waals surface area contributed by atoms with E-state index in [2.05, 4.69) is 5.32 Å². The highest BCUT2D eigenvalue weighted by molar-refractivity contribution is 7.10. The van der Waals surface area contributed by atoms with Gasteiger partial charge in [0.1, 0.15) is 0 Å². The van der Waals surface area contributed by atoms with Crippen LogP contribution in [0.2, 0.25) is 0 Å². The van der Waals surface area contributed by atoms with E-state index in [4.69, 9.17) is 0 Å². The van der Waals surface area contributed by atoms with E-state index in [-0.39, 0.29) is 11.9 Å². The first-order valence-electron chi connectivity index (χ1n) is 4.56. The highest BCUT2D eigenvalue weighted by Crippen LogP contribution is 2.17. The van der Waals surface area contributed by atoms with E-state index in [0.29, 0.717) is 6.42 Å². The molecule has 0 aliphatic heterocycles. The van der Waals surface area contributed by atoms with Gasteiger partial charge in [0.05, 0.1) is 6.04 Å². The normalized spacial score (nSPS) is 12.5. The minimum absolute atomic E-state index is 0.142. The molecule has 0 aromatic carbocycles. The van der Waals surface area contributed by atoms with Crippen LogP contribution in [0.1, 0.15) is 37.6 Å². The van der Waals surface area contributed by atoms with E-state index >= 15 is 0 Å². The Morgan fingerprint density at radius 3 is 3.00 bits per heavy atom. The van der Waals surface area contributed by atoms with Crippen LogP contribution in [0.4, 0.5) is 0 Å². The lowest BCUT2D eigenvalue weighted by Gasteiger charge is -2.11. The molecule has 0 radical (unpaired) electrons. The van der Waals surface area contributed by atoms with E-state index in [1.165, 1.54) is 4.88 Å². The van der Waals surface area contributed by atoms with Gasteiger partial charge in [0.2, 0.25) is 5.91 Å². The predicted octanol–water partition coefficient (Wildman–Crippen LogP) is 2.73. The Morgan fingerprint density at radius 2 is 2.46 bits per heavy atom. The molecule has 0 fully saturated rings. The summed E-state index contributed by atoms with van der Waals surface area (Å²) >= 11 is 1.68. The van der Waals surface area contributed by atoms with Crippen LogP contribution in [0.15, 0.2) is 17.5 Å². The summed E-state index contributed by atoms with van der Waals surface area (Å²) in [5.41, 5.74) is 0. The molecule has 0 saturated carbocycles. The Labute approximate surface area is 83.0 Å². The monoisotopic (exact) mass is 197 g/mol. The molecular formula is C10H15NOS. The molecule has 3 heteroatoms. The minimum Gasteiger partial charge on any atom is -0.349 e. The molecule has 0 aliphatic rings. The van der Waals surface area contributed by atoms with Gasteiger partial charge < -0.3 is 5.32 Å². The van der Waals surface area contributed by atoms with Gasteiger partial charge in [0.25, 0.3) is 0 Å². The second kappa shape index (κ2) is 5.02. The average Bonchev–Trinajstić information content (AvgIpc) is 2.55. The second-order valence-corrected chi connectivity index (χ2v) is 4.03. The zero-order valence-electron chi connectivity index (χ0n) is 8.04. The molecule has 2 nitrogen and oxygen atoms in total. The smallest absolute Gasteiger partial charge is 0.220 e. The van der Waals surface area contributed by atoms with Crippen LogP contribution in [0.3, 0.4) is 0 Å². The van der Waals surface area contributed by atoms with Gasteiger partial charge >= 0.3 is 0 Å². The number of carbonyl (C=O) groups excluding carboxylic acids is 1. The molecule has 0 bridgehead atoms. The first-order chi connectivity index (χ1) is 6.24. The third kappa shape index (κ3) is 3.19. The number of amides is 1. The molecule has 1 aromatic heterocycles. The van der Waals surface area contributed by atoms with E-state index in [0.717, 1.165) is 6.42 Å². The van der Waals surface area contributed by atoms with Crippen LogP contribution in [-0.4, -0.2) is 5.91 Å². The van der Waals surface area contributed by atoms with Crippen molar-refractivity contribution in [2.45, 2.75) is 32.7 Å². The van der Waals surface area contributed by atoms with Crippen molar-refractivity contribution < 1.29 is 4.79 Å². The van der Waals surface area contributed by atoms with E-state index in [1.807, 2.05) is 31.4 Å². The van der Waals surface area contributed by atoms with Gasteiger partial charge in [-0.2, -0.15) is 0 Å². The van der Waals surface area contributed by atoms with Gasteiger partial charge in [-0.05, 0) is 24.8 Å². The number of carbonyl (C=O) groups is 1. The molecule has 1 amide bonds. The van der Waals surface area contributed by atoms with Gasteiger partial charge in [-0.15, -0.1) is 11.3 Å². The van der Waals surface area contributed by atoms with Crippen LogP contribution < -0.4 is 5.32 Å². The number of nitrogens with one attached hydrogen (secondary N) is 1. The maximum atomic E-state index is 11.2. The summed E-state index contributed by atoms with van der Waals surface area (Å²) in [6.45, 7) is 4.02. The first-order valence-corrected chi connectivity index (χ1v) is 5.44. The molecule has 1 unspecified atom stereocenters. The number of hydrogen-bond acceptors (Lipinski definition) is 2. The van der Waals surface area contributed by atoms with Gasteiger partial charge in [-0.25, -0.2) is 0 Å². The molecule has 72 valence electrons. The largest absolute Gasteiger partial charge is 0.349 e. The standard InChI is InChI=1S/C10H15NOS/c1-3-5-10(12)11-8(2)9-6-4-7-13-9/h4,6-8H,3,5H2,1-2H3,(H,11,12). The Kier molecular flexibility index (Phi) is 3.96. The van der Waals surface area contributed by atoms with Crippen LogP contribution >= 0.6 is 11.3 Å². The number of thiophene rings is 1. The van der Waals surface area contributed by atoms with Crippen molar-refractivity contribution in [3.63, 3.8) is 0 Å². The molecule has 0 spiro atoms. The molecule has 0 aliphatic carbocycles. The van der Waals surface area contributed by atoms with Crippen LogP contribution in [-0.2, 0) is 4.79 Å². The quantitative estimate of drug-likeness (QED) is 0.790.